The summed E-state index contributed by atoms with van der Waals surface area (Å²) < 4.78 is 11.7. The van der Waals surface area contributed by atoms with Gasteiger partial charge in [-0.2, -0.15) is 0 Å². The SMILES string of the molecule is C1CCC(N[SH](NC2CCCC2)NC2CCCC2)C1. The topological polar surface area (TPSA) is 36.1 Å². The van der Waals surface area contributed by atoms with E-state index in [0.29, 0.717) is 0 Å². The van der Waals surface area contributed by atoms with Crippen LogP contribution in [0.15, 0.2) is 0 Å². The van der Waals surface area contributed by atoms with Crippen molar-refractivity contribution in [2.75, 3.05) is 0 Å². The van der Waals surface area contributed by atoms with Crippen LogP contribution < -0.4 is 14.2 Å². The molecule has 0 unspecified atom stereocenters. The van der Waals surface area contributed by atoms with Crippen LogP contribution in [-0.2, 0) is 0 Å². The minimum absolute atomic E-state index is 0.344. The number of hydrogen-bond acceptors (Lipinski definition) is 3. The summed E-state index contributed by atoms with van der Waals surface area (Å²) in [7, 11) is 0. The van der Waals surface area contributed by atoms with E-state index in [4.69, 9.17) is 0 Å². The van der Waals surface area contributed by atoms with E-state index in [9.17, 15) is 0 Å². The largest absolute Gasteiger partial charge is 0.258 e. The van der Waals surface area contributed by atoms with Crippen LogP contribution in [0.5, 0.6) is 0 Å². The van der Waals surface area contributed by atoms with Gasteiger partial charge in [-0.25, -0.2) is 0 Å². The van der Waals surface area contributed by atoms with Crippen molar-refractivity contribution in [1.29, 1.82) is 0 Å². The molecule has 3 nitrogen and oxygen atoms in total. The zero-order valence-electron chi connectivity index (χ0n) is 12.2. The van der Waals surface area contributed by atoms with Crippen LogP contribution in [0.4, 0.5) is 0 Å². The van der Waals surface area contributed by atoms with Gasteiger partial charge < -0.3 is 0 Å². The van der Waals surface area contributed by atoms with Crippen LogP contribution in [0.2, 0.25) is 0 Å². The Labute approximate surface area is 121 Å². The molecule has 3 fully saturated rings. The number of thiol groups is 1. The maximum Gasteiger partial charge on any atom is 0.0176 e. The molecule has 3 aliphatic carbocycles. The van der Waals surface area contributed by atoms with Gasteiger partial charge >= 0.3 is 0 Å². The van der Waals surface area contributed by atoms with E-state index in [1.807, 2.05) is 0 Å². The third kappa shape index (κ3) is 4.35. The summed E-state index contributed by atoms with van der Waals surface area (Å²) >= 11 is -0.344. The first-order valence-electron chi connectivity index (χ1n) is 8.49. The van der Waals surface area contributed by atoms with Gasteiger partial charge in [0.1, 0.15) is 0 Å². The molecule has 3 N–H and O–H groups in total. The summed E-state index contributed by atoms with van der Waals surface area (Å²) in [6.45, 7) is 0. The highest BCUT2D eigenvalue weighted by atomic mass is 32.2. The second-order valence-electron chi connectivity index (χ2n) is 6.67. The minimum Gasteiger partial charge on any atom is -0.258 e. The van der Waals surface area contributed by atoms with Gasteiger partial charge in [-0.15, -0.1) is 0 Å². The van der Waals surface area contributed by atoms with E-state index in [1.165, 1.54) is 77.0 Å². The Bertz CT molecular complexity index is 213. The van der Waals surface area contributed by atoms with Crippen LogP contribution in [0, 0.1) is 0 Å². The maximum atomic E-state index is 3.91. The number of rotatable bonds is 6. The van der Waals surface area contributed by atoms with Gasteiger partial charge in [0, 0.05) is 18.1 Å². The molecule has 0 aromatic heterocycles. The molecule has 0 heterocycles. The highest BCUT2D eigenvalue weighted by Gasteiger charge is 2.24. The summed E-state index contributed by atoms with van der Waals surface area (Å²) in [6, 6.07) is 2.32. The second kappa shape index (κ2) is 7.30. The molecule has 112 valence electrons. The Balaban J connectivity index is 1.49. The van der Waals surface area contributed by atoms with E-state index in [0.717, 1.165) is 18.1 Å². The lowest BCUT2D eigenvalue weighted by Crippen LogP contribution is -2.43. The summed E-state index contributed by atoms with van der Waals surface area (Å²) in [5, 5.41) is 0. The van der Waals surface area contributed by atoms with Crippen LogP contribution >= 0.6 is 11.5 Å². The molecule has 0 radical (unpaired) electrons. The normalized spacial score (nSPS) is 27.5. The first kappa shape index (κ1) is 14.2. The van der Waals surface area contributed by atoms with Gasteiger partial charge in [-0.1, -0.05) is 50.0 Å². The molecule has 0 bridgehead atoms. The monoisotopic (exact) mass is 285 g/mol. The van der Waals surface area contributed by atoms with Gasteiger partial charge in [0.15, 0.2) is 0 Å². The Morgan fingerprint density at radius 1 is 0.474 bits per heavy atom. The van der Waals surface area contributed by atoms with Gasteiger partial charge in [0.2, 0.25) is 0 Å². The maximum absolute atomic E-state index is 3.91. The van der Waals surface area contributed by atoms with E-state index < -0.39 is 0 Å². The van der Waals surface area contributed by atoms with Crippen LogP contribution in [0.25, 0.3) is 0 Å². The predicted molar refractivity (Wildman–Crippen MR) is 85.2 cm³/mol. The fourth-order valence-electron chi connectivity index (χ4n) is 3.82. The van der Waals surface area contributed by atoms with Crippen molar-refractivity contribution in [2.24, 2.45) is 0 Å². The van der Waals surface area contributed by atoms with Gasteiger partial charge in [-0.3, -0.25) is 14.2 Å². The highest BCUT2D eigenvalue weighted by molar-refractivity contribution is 8.11. The van der Waals surface area contributed by atoms with Crippen molar-refractivity contribution in [2.45, 2.75) is 95.2 Å². The zero-order chi connectivity index (χ0) is 12.9. The lowest BCUT2D eigenvalue weighted by Gasteiger charge is -2.33. The fourth-order valence-corrected chi connectivity index (χ4v) is 5.92. The van der Waals surface area contributed by atoms with Crippen molar-refractivity contribution >= 4 is 11.5 Å². The standard InChI is InChI=1S/C15H31N3S/c1-2-8-13(7-1)16-19(17-14-9-3-4-10-14)18-15-11-5-6-12-15/h13-19H,1-12H2. The lowest BCUT2D eigenvalue weighted by atomic mass is 10.3. The molecule has 3 saturated carbocycles. The molecule has 0 atom stereocenters. The van der Waals surface area contributed by atoms with E-state index >= 15 is 0 Å². The molecule has 0 spiro atoms. The highest BCUT2D eigenvalue weighted by Crippen LogP contribution is 2.29. The molecule has 0 aliphatic heterocycles. The minimum atomic E-state index is -0.344. The Morgan fingerprint density at radius 3 is 1.00 bits per heavy atom. The van der Waals surface area contributed by atoms with Gasteiger partial charge in [-0.05, 0) is 38.5 Å². The lowest BCUT2D eigenvalue weighted by molar-refractivity contribution is 0.592. The fraction of sp³-hybridized carbons (Fsp3) is 1.00. The number of nitrogens with one attached hydrogen (secondary N) is 3. The molecule has 4 heteroatoms. The van der Waals surface area contributed by atoms with Crippen LogP contribution in [-0.4, -0.2) is 18.1 Å². The Hall–Kier alpha value is 0.230. The van der Waals surface area contributed by atoms with Crippen molar-refractivity contribution < 1.29 is 0 Å². The van der Waals surface area contributed by atoms with E-state index in [1.54, 1.807) is 0 Å². The average molecular weight is 286 g/mol. The molecule has 0 aromatic rings. The predicted octanol–water partition coefficient (Wildman–Crippen LogP) is 3.33. The molecule has 19 heavy (non-hydrogen) atoms. The molecule has 0 aromatic carbocycles. The molecular formula is C15H31N3S. The van der Waals surface area contributed by atoms with E-state index in [-0.39, 0.29) is 11.5 Å². The summed E-state index contributed by atoms with van der Waals surface area (Å²) in [4.78, 5) is 0. The van der Waals surface area contributed by atoms with Crippen LogP contribution in [0.1, 0.15) is 77.0 Å². The van der Waals surface area contributed by atoms with Crippen molar-refractivity contribution in [3.63, 3.8) is 0 Å². The first-order chi connectivity index (χ1) is 9.40. The summed E-state index contributed by atoms with van der Waals surface area (Å²) in [5.41, 5.74) is 0. The molecule has 0 amide bonds. The summed E-state index contributed by atoms with van der Waals surface area (Å²) in [5.74, 6) is 0. The molecule has 0 saturated heterocycles. The molecular weight excluding hydrogens is 254 g/mol. The van der Waals surface area contributed by atoms with Gasteiger partial charge in [0.05, 0.1) is 0 Å². The summed E-state index contributed by atoms with van der Waals surface area (Å²) in [6.07, 6.45) is 16.9. The Morgan fingerprint density at radius 2 is 0.737 bits per heavy atom. The number of hydrogen-bond donors (Lipinski definition) is 4. The smallest absolute Gasteiger partial charge is 0.0176 e. The molecule has 3 rings (SSSR count). The third-order valence-corrected chi connectivity index (χ3v) is 6.87. The average Bonchev–Trinajstić information content (AvgIpc) is 3.10. The Kier molecular flexibility index (Phi) is 5.45. The second-order valence-corrected chi connectivity index (χ2v) is 8.11. The van der Waals surface area contributed by atoms with Crippen LogP contribution in [0.3, 0.4) is 0 Å². The van der Waals surface area contributed by atoms with Gasteiger partial charge in [0.25, 0.3) is 0 Å². The quantitative estimate of drug-likeness (QED) is 0.565. The zero-order valence-corrected chi connectivity index (χ0v) is 13.1. The first-order valence-corrected chi connectivity index (χ1v) is 9.83. The van der Waals surface area contributed by atoms with Crippen molar-refractivity contribution in [1.82, 2.24) is 14.2 Å². The van der Waals surface area contributed by atoms with E-state index in [2.05, 4.69) is 14.2 Å². The van der Waals surface area contributed by atoms with Crippen molar-refractivity contribution in [3.8, 4) is 0 Å². The molecule has 3 aliphatic rings. The third-order valence-electron chi connectivity index (χ3n) is 5.00. The van der Waals surface area contributed by atoms with Crippen molar-refractivity contribution in [3.05, 3.63) is 0 Å².